The van der Waals surface area contributed by atoms with Crippen LogP contribution in [0.1, 0.15) is 13.3 Å². The van der Waals surface area contributed by atoms with Gasteiger partial charge in [-0.1, -0.05) is 0 Å². The highest BCUT2D eigenvalue weighted by atomic mass is 32.2. The van der Waals surface area contributed by atoms with Crippen molar-refractivity contribution in [1.82, 2.24) is 0 Å². The lowest BCUT2D eigenvalue weighted by molar-refractivity contribution is 0.191. The molecule has 0 heterocycles. The van der Waals surface area contributed by atoms with Crippen LogP contribution in [0.15, 0.2) is 29.2 Å². The molecular weight excluding hydrogens is 276 g/mol. The summed E-state index contributed by atoms with van der Waals surface area (Å²) in [5, 5.41) is 3.12. The highest BCUT2D eigenvalue weighted by molar-refractivity contribution is 7.91. The lowest BCUT2D eigenvalue weighted by Crippen LogP contribution is -2.17. The van der Waals surface area contributed by atoms with Crippen LogP contribution in [0.2, 0.25) is 0 Å². The molecular formula is C12H17F2NO3S. The average molecular weight is 293 g/mol. The molecule has 0 aliphatic heterocycles. The first kappa shape index (κ1) is 15.8. The van der Waals surface area contributed by atoms with Gasteiger partial charge in [0, 0.05) is 25.4 Å². The molecule has 1 aromatic carbocycles. The third-order valence-corrected chi connectivity index (χ3v) is 3.98. The van der Waals surface area contributed by atoms with E-state index in [1.165, 1.54) is 24.3 Å². The number of alkyl halides is 2. The number of ether oxygens (including phenoxy) is 1. The summed E-state index contributed by atoms with van der Waals surface area (Å²) in [5.74, 6) is -3.40. The first-order valence-corrected chi connectivity index (χ1v) is 7.30. The first-order valence-electron chi connectivity index (χ1n) is 5.75. The molecule has 1 aromatic rings. The van der Waals surface area contributed by atoms with Crippen LogP contribution < -0.4 is 5.32 Å². The van der Waals surface area contributed by atoms with Gasteiger partial charge in [0.1, 0.15) is 0 Å². The normalized spacial score (nSPS) is 13.5. The van der Waals surface area contributed by atoms with Gasteiger partial charge in [0.2, 0.25) is 9.84 Å². The summed E-state index contributed by atoms with van der Waals surface area (Å²) < 4.78 is 52.0. The molecule has 1 atom stereocenters. The molecule has 0 fully saturated rings. The van der Waals surface area contributed by atoms with E-state index in [2.05, 4.69) is 5.32 Å². The Morgan fingerprint density at radius 1 is 1.26 bits per heavy atom. The minimum atomic E-state index is -4.52. The minimum Gasteiger partial charge on any atom is -0.385 e. The van der Waals surface area contributed by atoms with Gasteiger partial charge in [-0.2, -0.15) is 8.78 Å². The molecule has 0 amide bonds. The number of hydrogen-bond donors (Lipinski definition) is 1. The van der Waals surface area contributed by atoms with Gasteiger partial charge < -0.3 is 10.1 Å². The maximum Gasteiger partial charge on any atom is 0.341 e. The fourth-order valence-electron chi connectivity index (χ4n) is 1.50. The van der Waals surface area contributed by atoms with E-state index in [1.807, 2.05) is 6.92 Å². The number of anilines is 1. The van der Waals surface area contributed by atoms with Crippen LogP contribution in [0.3, 0.4) is 0 Å². The molecule has 0 saturated heterocycles. The summed E-state index contributed by atoms with van der Waals surface area (Å²) in [7, 11) is -2.91. The Bertz CT molecular complexity index is 488. The Morgan fingerprint density at radius 3 is 2.32 bits per heavy atom. The summed E-state index contributed by atoms with van der Waals surface area (Å²) in [5.41, 5.74) is 0.678. The van der Waals surface area contributed by atoms with Crippen LogP contribution in [-0.2, 0) is 14.6 Å². The second-order valence-electron chi connectivity index (χ2n) is 4.16. The van der Waals surface area contributed by atoms with E-state index in [-0.39, 0.29) is 10.9 Å². The number of benzene rings is 1. The van der Waals surface area contributed by atoms with E-state index in [9.17, 15) is 17.2 Å². The number of nitrogens with one attached hydrogen (secondary N) is 1. The fraction of sp³-hybridized carbons (Fsp3) is 0.500. The molecule has 1 unspecified atom stereocenters. The maximum atomic E-state index is 12.3. The molecule has 0 aliphatic rings. The quantitative estimate of drug-likeness (QED) is 0.839. The van der Waals surface area contributed by atoms with Crippen LogP contribution in [0.4, 0.5) is 14.5 Å². The monoisotopic (exact) mass is 293 g/mol. The molecule has 0 spiro atoms. The first-order chi connectivity index (χ1) is 8.87. The number of halogens is 2. The Morgan fingerprint density at radius 2 is 1.84 bits per heavy atom. The van der Waals surface area contributed by atoms with E-state index in [1.54, 1.807) is 7.11 Å². The topological polar surface area (TPSA) is 55.4 Å². The second-order valence-corrected chi connectivity index (χ2v) is 6.07. The largest absolute Gasteiger partial charge is 0.385 e. The zero-order chi connectivity index (χ0) is 14.5. The molecule has 1 rings (SSSR count). The molecule has 4 nitrogen and oxygen atoms in total. The van der Waals surface area contributed by atoms with Gasteiger partial charge in [-0.3, -0.25) is 0 Å². The maximum absolute atomic E-state index is 12.3. The van der Waals surface area contributed by atoms with Crippen molar-refractivity contribution in [3.8, 4) is 0 Å². The summed E-state index contributed by atoms with van der Waals surface area (Å²) in [4.78, 5) is -0.377. The SMILES string of the molecule is COCCC(C)Nc1ccc(S(=O)(=O)C(F)F)cc1. The van der Waals surface area contributed by atoms with Crippen molar-refractivity contribution in [2.45, 2.75) is 30.0 Å². The van der Waals surface area contributed by atoms with Gasteiger partial charge in [-0.05, 0) is 37.6 Å². The fourth-order valence-corrected chi connectivity index (χ4v) is 2.22. The average Bonchev–Trinajstić information content (AvgIpc) is 2.36. The van der Waals surface area contributed by atoms with E-state index in [0.717, 1.165) is 6.42 Å². The van der Waals surface area contributed by atoms with Crippen molar-refractivity contribution >= 4 is 15.5 Å². The van der Waals surface area contributed by atoms with Crippen LogP contribution in [0.25, 0.3) is 0 Å². The van der Waals surface area contributed by atoms with E-state index in [0.29, 0.717) is 12.3 Å². The van der Waals surface area contributed by atoms with Crippen molar-refractivity contribution in [3.63, 3.8) is 0 Å². The Labute approximate surface area is 111 Å². The summed E-state index contributed by atoms with van der Waals surface area (Å²) in [6.45, 7) is 2.55. The van der Waals surface area contributed by atoms with Crippen LogP contribution in [0.5, 0.6) is 0 Å². The summed E-state index contributed by atoms with van der Waals surface area (Å²) >= 11 is 0. The number of rotatable bonds is 7. The van der Waals surface area contributed by atoms with Crippen molar-refractivity contribution in [3.05, 3.63) is 24.3 Å². The van der Waals surface area contributed by atoms with Gasteiger partial charge in [0.25, 0.3) is 0 Å². The third-order valence-electron chi connectivity index (χ3n) is 2.59. The lowest BCUT2D eigenvalue weighted by atomic mass is 10.2. The van der Waals surface area contributed by atoms with Gasteiger partial charge in [0.05, 0.1) is 4.90 Å². The van der Waals surface area contributed by atoms with Gasteiger partial charge in [-0.15, -0.1) is 0 Å². The van der Waals surface area contributed by atoms with Gasteiger partial charge >= 0.3 is 5.76 Å². The summed E-state index contributed by atoms with van der Waals surface area (Å²) in [6.07, 6.45) is 0.785. The minimum absolute atomic E-state index is 0.137. The van der Waals surface area contributed by atoms with E-state index >= 15 is 0 Å². The number of hydrogen-bond acceptors (Lipinski definition) is 4. The predicted octanol–water partition coefficient (Wildman–Crippen LogP) is 2.52. The Balaban J connectivity index is 2.72. The third kappa shape index (κ3) is 4.43. The Hall–Kier alpha value is -1.21. The van der Waals surface area contributed by atoms with E-state index < -0.39 is 15.6 Å². The zero-order valence-corrected chi connectivity index (χ0v) is 11.6. The summed E-state index contributed by atoms with van der Waals surface area (Å²) in [6, 6.07) is 5.43. The van der Waals surface area contributed by atoms with Crippen LogP contribution >= 0.6 is 0 Å². The number of sulfone groups is 1. The van der Waals surface area contributed by atoms with Crippen molar-refractivity contribution in [2.24, 2.45) is 0 Å². The molecule has 0 aromatic heterocycles. The van der Waals surface area contributed by atoms with Crippen molar-refractivity contribution in [2.75, 3.05) is 19.0 Å². The van der Waals surface area contributed by atoms with Crippen molar-refractivity contribution < 1.29 is 21.9 Å². The van der Waals surface area contributed by atoms with Gasteiger partial charge in [0.15, 0.2) is 0 Å². The van der Waals surface area contributed by atoms with E-state index in [4.69, 9.17) is 4.74 Å². The standard InChI is InChI=1S/C12H17F2NO3S/c1-9(7-8-18-2)15-10-3-5-11(6-4-10)19(16,17)12(13)14/h3-6,9,12,15H,7-8H2,1-2H3. The number of methoxy groups -OCH3 is 1. The highest BCUT2D eigenvalue weighted by Crippen LogP contribution is 2.20. The highest BCUT2D eigenvalue weighted by Gasteiger charge is 2.26. The second kappa shape index (κ2) is 6.81. The van der Waals surface area contributed by atoms with Gasteiger partial charge in [-0.25, -0.2) is 8.42 Å². The van der Waals surface area contributed by atoms with Crippen LogP contribution in [-0.4, -0.2) is 33.9 Å². The molecule has 1 N–H and O–H groups in total. The van der Waals surface area contributed by atoms with Crippen molar-refractivity contribution in [1.29, 1.82) is 0 Å². The molecule has 0 saturated carbocycles. The predicted molar refractivity (Wildman–Crippen MR) is 69.2 cm³/mol. The molecule has 7 heteroatoms. The lowest BCUT2D eigenvalue weighted by Gasteiger charge is -2.15. The molecule has 0 radical (unpaired) electrons. The molecule has 0 bridgehead atoms. The zero-order valence-electron chi connectivity index (χ0n) is 10.8. The smallest absolute Gasteiger partial charge is 0.341 e. The molecule has 19 heavy (non-hydrogen) atoms. The van der Waals surface area contributed by atoms with Crippen LogP contribution in [0, 0.1) is 0 Å². The Kier molecular flexibility index (Phi) is 5.68. The molecule has 108 valence electrons. The molecule has 0 aliphatic carbocycles.